The number of aliphatic hydroxyl groups is 1. The summed E-state index contributed by atoms with van der Waals surface area (Å²) in [4.78, 5) is 7.66. The van der Waals surface area contributed by atoms with Crippen molar-refractivity contribution >= 4 is 16.9 Å². The molecule has 1 atom stereocenters. The Hall–Kier alpha value is -2.80. The highest BCUT2D eigenvalue weighted by atomic mass is 19.1. The molecule has 3 rings (SSSR count). The molecule has 0 fully saturated rings. The van der Waals surface area contributed by atoms with Gasteiger partial charge in [-0.2, -0.15) is 0 Å². The SMILES string of the molecule is CCNC(=NCC(C)(O)c1cc(C)oc1C)NCCc1c[nH]c2cc(F)ccc12. The second kappa shape index (κ2) is 8.69. The lowest BCUT2D eigenvalue weighted by molar-refractivity contribution is 0.0657. The number of benzene rings is 1. The molecule has 0 aliphatic heterocycles. The predicted octanol–water partition coefficient (Wildman–Crippen LogP) is 3.52. The van der Waals surface area contributed by atoms with Crippen LogP contribution in [0.25, 0.3) is 10.9 Å². The Labute approximate surface area is 170 Å². The van der Waals surface area contributed by atoms with Crippen LogP contribution < -0.4 is 10.6 Å². The van der Waals surface area contributed by atoms with E-state index in [1.807, 2.05) is 33.0 Å². The Balaban J connectivity index is 1.64. The van der Waals surface area contributed by atoms with Gasteiger partial charge in [-0.15, -0.1) is 0 Å². The zero-order valence-corrected chi connectivity index (χ0v) is 17.4. The van der Waals surface area contributed by atoms with Crippen LogP contribution in [0.15, 0.2) is 39.9 Å². The Kier molecular flexibility index (Phi) is 6.27. The second-order valence-corrected chi connectivity index (χ2v) is 7.48. The highest BCUT2D eigenvalue weighted by molar-refractivity contribution is 5.83. The smallest absolute Gasteiger partial charge is 0.191 e. The van der Waals surface area contributed by atoms with E-state index in [1.165, 1.54) is 12.1 Å². The van der Waals surface area contributed by atoms with Crippen molar-refractivity contribution in [2.75, 3.05) is 19.6 Å². The summed E-state index contributed by atoms with van der Waals surface area (Å²) in [5.74, 6) is 1.86. The normalized spacial score (nSPS) is 14.2. The summed E-state index contributed by atoms with van der Waals surface area (Å²) < 4.78 is 18.9. The summed E-state index contributed by atoms with van der Waals surface area (Å²) in [7, 11) is 0. The summed E-state index contributed by atoms with van der Waals surface area (Å²) in [6, 6.07) is 6.62. The molecular formula is C22H29FN4O2. The topological polar surface area (TPSA) is 85.6 Å². The first kappa shape index (κ1) is 20.9. The number of H-pyrrole nitrogens is 1. The minimum Gasteiger partial charge on any atom is -0.466 e. The van der Waals surface area contributed by atoms with E-state index < -0.39 is 5.60 Å². The van der Waals surface area contributed by atoms with E-state index in [2.05, 4.69) is 20.6 Å². The third-order valence-corrected chi connectivity index (χ3v) is 4.93. The van der Waals surface area contributed by atoms with Crippen molar-refractivity contribution in [2.45, 2.75) is 39.7 Å². The monoisotopic (exact) mass is 400 g/mol. The van der Waals surface area contributed by atoms with Crippen LogP contribution in [0.4, 0.5) is 4.39 Å². The van der Waals surface area contributed by atoms with Gasteiger partial charge in [-0.25, -0.2) is 9.38 Å². The number of hydrogen-bond acceptors (Lipinski definition) is 3. The molecule has 0 aliphatic carbocycles. The Bertz CT molecular complexity index is 1000. The molecule has 4 N–H and O–H groups in total. The van der Waals surface area contributed by atoms with Crippen molar-refractivity contribution in [1.29, 1.82) is 0 Å². The first-order chi connectivity index (χ1) is 13.8. The molecule has 29 heavy (non-hydrogen) atoms. The van der Waals surface area contributed by atoms with Gasteiger partial charge in [-0.1, -0.05) is 0 Å². The predicted molar refractivity (Wildman–Crippen MR) is 114 cm³/mol. The molecule has 2 heterocycles. The van der Waals surface area contributed by atoms with Crippen molar-refractivity contribution in [3.63, 3.8) is 0 Å². The highest BCUT2D eigenvalue weighted by Gasteiger charge is 2.27. The number of rotatable bonds is 7. The van der Waals surface area contributed by atoms with Crippen molar-refractivity contribution in [3.05, 3.63) is 58.9 Å². The zero-order valence-electron chi connectivity index (χ0n) is 17.4. The average Bonchev–Trinajstić information content (AvgIpc) is 3.22. The maximum Gasteiger partial charge on any atom is 0.191 e. The molecule has 0 saturated carbocycles. The number of aromatic amines is 1. The summed E-state index contributed by atoms with van der Waals surface area (Å²) in [6.45, 7) is 9.01. The lowest BCUT2D eigenvalue weighted by atomic mass is 9.96. The van der Waals surface area contributed by atoms with Crippen molar-refractivity contribution in [3.8, 4) is 0 Å². The van der Waals surface area contributed by atoms with Crippen molar-refractivity contribution < 1.29 is 13.9 Å². The molecule has 0 aliphatic rings. The number of fused-ring (bicyclic) bond motifs is 1. The van der Waals surface area contributed by atoms with Crippen LogP contribution in [0.5, 0.6) is 0 Å². The molecule has 1 unspecified atom stereocenters. The fourth-order valence-electron chi connectivity index (χ4n) is 3.51. The average molecular weight is 400 g/mol. The molecular weight excluding hydrogens is 371 g/mol. The van der Waals surface area contributed by atoms with E-state index >= 15 is 0 Å². The van der Waals surface area contributed by atoms with Gasteiger partial charge in [0.15, 0.2) is 5.96 Å². The molecule has 0 radical (unpaired) electrons. The quantitative estimate of drug-likeness (QED) is 0.361. The van der Waals surface area contributed by atoms with Crippen molar-refractivity contribution in [2.24, 2.45) is 4.99 Å². The number of halogens is 1. The zero-order chi connectivity index (χ0) is 21.0. The lowest BCUT2D eigenvalue weighted by Gasteiger charge is -2.21. The number of aliphatic imine (C=N–C) groups is 1. The van der Waals surface area contributed by atoms with E-state index in [-0.39, 0.29) is 12.4 Å². The Morgan fingerprint density at radius 3 is 2.76 bits per heavy atom. The van der Waals surface area contributed by atoms with E-state index in [4.69, 9.17) is 4.42 Å². The Morgan fingerprint density at radius 2 is 2.07 bits per heavy atom. The third kappa shape index (κ3) is 4.98. The molecule has 1 aromatic carbocycles. The highest BCUT2D eigenvalue weighted by Crippen LogP contribution is 2.27. The third-order valence-electron chi connectivity index (χ3n) is 4.93. The number of aryl methyl sites for hydroxylation is 2. The van der Waals surface area contributed by atoms with Crippen LogP contribution in [0.2, 0.25) is 0 Å². The van der Waals surface area contributed by atoms with Gasteiger partial charge < -0.3 is 25.1 Å². The molecule has 0 saturated heterocycles. The maximum absolute atomic E-state index is 13.3. The number of nitrogens with zero attached hydrogens (tertiary/aromatic N) is 1. The number of hydrogen-bond donors (Lipinski definition) is 4. The van der Waals surface area contributed by atoms with Gasteiger partial charge in [0, 0.05) is 35.8 Å². The minimum absolute atomic E-state index is 0.203. The molecule has 0 amide bonds. The van der Waals surface area contributed by atoms with E-state index in [0.29, 0.717) is 24.8 Å². The summed E-state index contributed by atoms with van der Waals surface area (Å²) in [5, 5.41) is 18.4. The largest absolute Gasteiger partial charge is 0.466 e. The van der Waals surface area contributed by atoms with Gasteiger partial charge in [0.25, 0.3) is 0 Å². The van der Waals surface area contributed by atoms with Gasteiger partial charge in [0.2, 0.25) is 0 Å². The van der Waals surface area contributed by atoms with Crippen LogP contribution in [0.1, 0.15) is 36.5 Å². The van der Waals surface area contributed by atoms with Gasteiger partial charge in [-0.3, -0.25) is 0 Å². The number of furan rings is 1. The van der Waals surface area contributed by atoms with E-state index in [9.17, 15) is 9.50 Å². The first-order valence-electron chi connectivity index (χ1n) is 9.87. The molecule has 7 heteroatoms. The van der Waals surface area contributed by atoms with Crippen LogP contribution in [0, 0.1) is 19.7 Å². The van der Waals surface area contributed by atoms with E-state index in [1.54, 1.807) is 13.0 Å². The van der Waals surface area contributed by atoms with Crippen LogP contribution in [-0.4, -0.2) is 35.7 Å². The summed E-state index contributed by atoms with van der Waals surface area (Å²) >= 11 is 0. The second-order valence-electron chi connectivity index (χ2n) is 7.48. The van der Waals surface area contributed by atoms with Crippen LogP contribution in [0.3, 0.4) is 0 Å². The molecule has 0 spiro atoms. The first-order valence-corrected chi connectivity index (χ1v) is 9.87. The van der Waals surface area contributed by atoms with Crippen LogP contribution >= 0.6 is 0 Å². The van der Waals surface area contributed by atoms with Crippen molar-refractivity contribution in [1.82, 2.24) is 15.6 Å². The fourth-order valence-corrected chi connectivity index (χ4v) is 3.51. The summed E-state index contributed by atoms with van der Waals surface area (Å²) in [5.41, 5.74) is 1.54. The molecule has 2 aromatic heterocycles. The van der Waals surface area contributed by atoms with Gasteiger partial charge in [0.1, 0.15) is 22.9 Å². The van der Waals surface area contributed by atoms with Gasteiger partial charge in [-0.05, 0) is 63.9 Å². The lowest BCUT2D eigenvalue weighted by Crippen LogP contribution is -2.39. The minimum atomic E-state index is -1.12. The molecule has 0 bridgehead atoms. The molecule has 156 valence electrons. The van der Waals surface area contributed by atoms with Crippen LogP contribution in [-0.2, 0) is 12.0 Å². The Morgan fingerprint density at radius 1 is 1.28 bits per heavy atom. The number of guanidine groups is 1. The standard InChI is InChI=1S/C22H29FN4O2/c1-5-24-21(27-13-22(4,28)19-10-14(2)29-15(19)3)25-9-8-16-12-26-20-11-17(23)6-7-18(16)20/h6-7,10-12,26,28H,5,8-9,13H2,1-4H3,(H2,24,25,27). The summed E-state index contributed by atoms with van der Waals surface area (Å²) in [6.07, 6.45) is 2.66. The molecule has 3 aromatic rings. The van der Waals surface area contributed by atoms with E-state index in [0.717, 1.165) is 34.2 Å². The van der Waals surface area contributed by atoms with Gasteiger partial charge in [0.05, 0.1) is 6.54 Å². The van der Waals surface area contributed by atoms with Gasteiger partial charge >= 0.3 is 0 Å². The number of aromatic nitrogens is 1. The number of nitrogens with one attached hydrogen (secondary N) is 3. The maximum atomic E-state index is 13.3. The molecule has 6 nitrogen and oxygen atoms in total. The fraction of sp³-hybridized carbons (Fsp3) is 0.409.